The van der Waals surface area contributed by atoms with E-state index in [1.54, 1.807) is 10.9 Å². The summed E-state index contributed by atoms with van der Waals surface area (Å²) in [5.74, 6) is 0. The molecule has 2 aromatic carbocycles. The van der Waals surface area contributed by atoms with Crippen LogP contribution in [0.5, 0.6) is 0 Å². The van der Waals surface area contributed by atoms with E-state index in [2.05, 4.69) is 11.2 Å². The van der Waals surface area contributed by atoms with E-state index in [1.807, 2.05) is 71.1 Å². The Bertz CT molecular complexity index is 1060. The Morgan fingerprint density at radius 2 is 1.70 bits per heavy atom. The van der Waals surface area contributed by atoms with Gasteiger partial charge in [0.15, 0.2) is 0 Å². The first-order chi connectivity index (χ1) is 12.7. The Labute approximate surface area is 159 Å². The lowest BCUT2D eigenvalue weighted by molar-refractivity contribution is 0.00578. The molecule has 0 bridgehead atoms. The molecule has 1 aromatic heterocycles. The van der Waals surface area contributed by atoms with Gasteiger partial charge in [0.1, 0.15) is 6.07 Å². The fraction of sp³-hybridized carbons (Fsp3) is 0.333. The van der Waals surface area contributed by atoms with Crippen molar-refractivity contribution in [2.75, 3.05) is 0 Å². The first-order valence-electron chi connectivity index (χ1n) is 9.05. The normalized spacial score (nSPS) is 18.0. The van der Waals surface area contributed by atoms with Gasteiger partial charge in [-0.05, 0) is 33.1 Å². The van der Waals surface area contributed by atoms with Crippen molar-refractivity contribution >= 4 is 23.4 Å². The zero-order valence-corrected chi connectivity index (χ0v) is 16.3. The number of nitrogens with zero attached hydrogens (tertiary/aromatic N) is 3. The maximum Gasteiger partial charge on any atom is 0.498 e. The quantitative estimate of drug-likeness (QED) is 0.658. The average Bonchev–Trinajstić information content (AvgIpc) is 3.10. The predicted octanol–water partition coefficient (Wildman–Crippen LogP) is 3.41. The van der Waals surface area contributed by atoms with Gasteiger partial charge in [0.2, 0.25) is 0 Å². The number of rotatable bonds is 2. The smallest absolute Gasteiger partial charge is 0.399 e. The first kappa shape index (κ1) is 17.8. The van der Waals surface area contributed by atoms with Crippen LogP contribution in [0.25, 0.3) is 22.0 Å². The molecule has 0 saturated carbocycles. The lowest BCUT2D eigenvalue weighted by Crippen LogP contribution is -2.41. The van der Waals surface area contributed by atoms with Crippen molar-refractivity contribution in [3.05, 3.63) is 48.2 Å². The summed E-state index contributed by atoms with van der Waals surface area (Å²) in [4.78, 5) is 0. The summed E-state index contributed by atoms with van der Waals surface area (Å²) < 4.78 is 14.2. The molecule has 1 fully saturated rings. The summed E-state index contributed by atoms with van der Waals surface area (Å²) in [6.45, 7) is 8.11. The largest absolute Gasteiger partial charge is 0.498 e. The lowest BCUT2D eigenvalue weighted by atomic mass is 9.77. The van der Waals surface area contributed by atoms with E-state index in [1.165, 1.54) is 0 Å². The van der Waals surface area contributed by atoms with Gasteiger partial charge < -0.3 is 9.31 Å². The molecule has 0 radical (unpaired) electrons. The van der Waals surface area contributed by atoms with E-state index in [0.29, 0.717) is 5.56 Å². The SMILES string of the molecule is Cn1ncc(B2OC(C)(C)C(C)(C)O2)c1-c1ccc2ccccc2c1C#N. The van der Waals surface area contributed by atoms with Gasteiger partial charge >= 0.3 is 7.12 Å². The molecule has 1 aliphatic heterocycles. The molecular formula is C21H22BN3O2. The molecule has 0 atom stereocenters. The van der Waals surface area contributed by atoms with Gasteiger partial charge in [0, 0.05) is 29.7 Å². The number of aryl methyl sites for hydroxylation is 1. The van der Waals surface area contributed by atoms with Crippen molar-refractivity contribution in [3.63, 3.8) is 0 Å². The fourth-order valence-electron chi connectivity index (χ4n) is 3.52. The van der Waals surface area contributed by atoms with Crippen molar-refractivity contribution in [3.8, 4) is 17.3 Å². The molecule has 0 N–H and O–H groups in total. The summed E-state index contributed by atoms with van der Waals surface area (Å²) in [6, 6.07) is 14.3. The van der Waals surface area contributed by atoms with Gasteiger partial charge in [-0.25, -0.2) is 0 Å². The lowest BCUT2D eigenvalue weighted by Gasteiger charge is -2.32. The molecule has 1 aliphatic rings. The minimum atomic E-state index is -0.531. The highest BCUT2D eigenvalue weighted by molar-refractivity contribution is 6.63. The van der Waals surface area contributed by atoms with Crippen LogP contribution < -0.4 is 5.46 Å². The molecule has 0 unspecified atom stereocenters. The van der Waals surface area contributed by atoms with Gasteiger partial charge in [0.25, 0.3) is 0 Å². The summed E-state index contributed by atoms with van der Waals surface area (Å²) in [5, 5.41) is 16.3. The number of hydrogen-bond acceptors (Lipinski definition) is 4. The second-order valence-electron chi connectivity index (χ2n) is 7.98. The second-order valence-corrected chi connectivity index (χ2v) is 7.98. The third-order valence-electron chi connectivity index (χ3n) is 5.77. The topological polar surface area (TPSA) is 60.1 Å². The van der Waals surface area contributed by atoms with E-state index in [-0.39, 0.29) is 0 Å². The monoisotopic (exact) mass is 359 g/mol. The third-order valence-corrected chi connectivity index (χ3v) is 5.77. The minimum Gasteiger partial charge on any atom is -0.399 e. The van der Waals surface area contributed by atoms with Crippen LogP contribution in [0.15, 0.2) is 42.6 Å². The van der Waals surface area contributed by atoms with Gasteiger partial charge in [-0.1, -0.05) is 36.4 Å². The van der Waals surface area contributed by atoms with Crippen molar-refractivity contribution in [2.45, 2.75) is 38.9 Å². The highest BCUT2D eigenvalue weighted by Crippen LogP contribution is 2.38. The average molecular weight is 359 g/mol. The van der Waals surface area contributed by atoms with E-state index in [4.69, 9.17) is 9.31 Å². The van der Waals surface area contributed by atoms with Crippen molar-refractivity contribution in [1.29, 1.82) is 5.26 Å². The van der Waals surface area contributed by atoms with Crippen LogP contribution in [0.1, 0.15) is 33.3 Å². The van der Waals surface area contributed by atoms with Gasteiger partial charge in [-0.3, -0.25) is 4.68 Å². The van der Waals surface area contributed by atoms with Gasteiger partial charge in [-0.15, -0.1) is 0 Å². The number of nitriles is 1. The Balaban J connectivity index is 1.90. The predicted molar refractivity (Wildman–Crippen MR) is 107 cm³/mol. The van der Waals surface area contributed by atoms with Crippen LogP contribution in [0.2, 0.25) is 0 Å². The van der Waals surface area contributed by atoms with Crippen LogP contribution in [0, 0.1) is 11.3 Å². The number of aromatic nitrogens is 2. The van der Waals surface area contributed by atoms with Crippen LogP contribution in [-0.2, 0) is 16.4 Å². The molecule has 27 heavy (non-hydrogen) atoms. The van der Waals surface area contributed by atoms with E-state index >= 15 is 0 Å². The Hall–Kier alpha value is -2.62. The first-order valence-corrected chi connectivity index (χ1v) is 9.05. The molecular weight excluding hydrogens is 337 g/mol. The van der Waals surface area contributed by atoms with Crippen molar-refractivity contribution < 1.29 is 9.31 Å². The van der Waals surface area contributed by atoms with E-state index in [9.17, 15) is 5.26 Å². The zero-order chi connectivity index (χ0) is 19.4. The number of hydrogen-bond donors (Lipinski definition) is 0. The third kappa shape index (κ3) is 2.66. The van der Waals surface area contributed by atoms with E-state index < -0.39 is 18.3 Å². The molecule has 0 spiro atoms. The minimum absolute atomic E-state index is 0.438. The molecule has 4 rings (SSSR count). The standard InChI is InChI=1S/C21H22BN3O2/c1-20(2)21(3,4)27-22(26-20)18-13-24-25(5)19(18)16-11-10-14-8-6-7-9-15(14)17(16)12-23/h6-11,13H,1-5H3. The highest BCUT2D eigenvalue weighted by Gasteiger charge is 2.52. The maximum absolute atomic E-state index is 9.89. The Morgan fingerprint density at radius 1 is 1.04 bits per heavy atom. The van der Waals surface area contributed by atoms with Crippen molar-refractivity contribution in [1.82, 2.24) is 9.78 Å². The van der Waals surface area contributed by atoms with Gasteiger partial charge in [-0.2, -0.15) is 10.4 Å². The molecule has 5 nitrogen and oxygen atoms in total. The summed E-state index contributed by atoms with van der Waals surface area (Å²) in [7, 11) is 1.34. The summed E-state index contributed by atoms with van der Waals surface area (Å²) in [5.41, 5.74) is 2.27. The van der Waals surface area contributed by atoms with Crippen LogP contribution in [0.3, 0.4) is 0 Å². The highest BCUT2D eigenvalue weighted by atomic mass is 16.7. The molecule has 6 heteroatoms. The molecule has 136 valence electrons. The molecule has 2 heterocycles. The molecule has 0 aliphatic carbocycles. The van der Waals surface area contributed by atoms with Gasteiger partial charge in [0.05, 0.1) is 22.5 Å². The molecule has 3 aromatic rings. The Morgan fingerprint density at radius 3 is 2.37 bits per heavy atom. The summed E-state index contributed by atoms with van der Waals surface area (Å²) >= 11 is 0. The fourth-order valence-corrected chi connectivity index (χ4v) is 3.52. The molecule has 0 amide bonds. The number of benzene rings is 2. The van der Waals surface area contributed by atoms with Crippen LogP contribution >= 0.6 is 0 Å². The number of fused-ring (bicyclic) bond motifs is 1. The zero-order valence-electron chi connectivity index (χ0n) is 16.3. The second kappa shape index (κ2) is 5.95. The maximum atomic E-state index is 9.89. The Kier molecular flexibility index (Phi) is 3.92. The van der Waals surface area contributed by atoms with Crippen molar-refractivity contribution in [2.24, 2.45) is 7.05 Å². The van der Waals surface area contributed by atoms with Crippen LogP contribution in [0.4, 0.5) is 0 Å². The van der Waals surface area contributed by atoms with E-state index in [0.717, 1.165) is 27.5 Å². The molecule has 1 saturated heterocycles. The van der Waals surface area contributed by atoms with Crippen LogP contribution in [-0.4, -0.2) is 28.1 Å². The summed E-state index contributed by atoms with van der Waals surface area (Å²) in [6.07, 6.45) is 1.77.